The number of hydrogen-bond acceptors (Lipinski definition) is 2. The van der Waals surface area contributed by atoms with Crippen LogP contribution in [0.4, 0.5) is 0 Å². The van der Waals surface area contributed by atoms with Gasteiger partial charge in [-0.05, 0) is 36.1 Å². The third kappa shape index (κ3) is 4.66. The van der Waals surface area contributed by atoms with Gasteiger partial charge < -0.3 is 0 Å². The molecule has 2 rings (SSSR count). The highest BCUT2D eigenvalue weighted by Gasteiger charge is 2.12. The van der Waals surface area contributed by atoms with E-state index in [9.17, 15) is 8.42 Å². The van der Waals surface area contributed by atoms with Crippen molar-refractivity contribution in [2.45, 2.75) is 13.5 Å². The molecule has 4 heteroatoms. The number of aryl methyl sites for hydroxylation is 1. The average Bonchev–Trinajstić information content (AvgIpc) is 2.43. The van der Waals surface area contributed by atoms with Crippen molar-refractivity contribution >= 4 is 10.0 Å². The lowest BCUT2D eigenvalue weighted by Gasteiger charge is -2.14. The second-order valence-corrected chi connectivity index (χ2v) is 6.77. The molecular weight excluding hydrogens is 282 g/mol. The lowest BCUT2D eigenvalue weighted by molar-refractivity contribution is 0.515. The standard InChI is InChI=1S/C17H17NO2S/c1-15-7-6-10-16(13-15)11-12-18(21(2,19)20)14-17-8-4-3-5-9-17/h3-10,13H,14H2,1-2H3. The van der Waals surface area contributed by atoms with E-state index in [4.69, 9.17) is 0 Å². The second-order valence-electron chi connectivity index (χ2n) is 4.86. The summed E-state index contributed by atoms with van der Waals surface area (Å²) >= 11 is 0. The van der Waals surface area contributed by atoms with Crippen LogP contribution in [0.25, 0.3) is 0 Å². The van der Waals surface area contributed by atoms with E-state index < -0.39 is 10.0 Å². The van der Waals surface area contributed by atoms with Crippen LogP contribution < -0.4 is 0 Å². The summed E-state index contributed by atoms with van der Waals surface area (Å²) in [7, 11) is -3.38. The molecule has 108 valence electrons. The van der Waals surface area contributed by atoms with Crippen molar-refractivity contribution in [3.05, 3.63) is 71.3 Å². The number of nitrogens with zero attached hydrogens (tertiary/aromatic N) is 1. The van der Waals surface area contributed by atoms with Crippen molar-refractivity contribution in [2.24, 2.45) is 0 Å². The van der Waals surface area contributed by atoms with Crippen LogP contribution >= 0.6 is 0 Å². The summed E-state index contributed by atoms with van der Waals surface area (Å²) in [6.45, 7) is 2.22. The second kappa shape index (κ2) is 6.47. The van der Waals surface area contributed by atoms with Crippen molar-refractivity contribution in [1.82, 2.24) is 4.31 Å². The Morgan fingerprint density at radius 1 is 1.05 bits per heavy atom. The molecule has 0 aromatic heterocycles. The summed E-state index contributed by atoms with van der Waals surface area (Å²) in [6.07, 6.45) is 1.17. The molecule has 0 N–H and O–H groups in total. The van der Waals surface area contributed by atoms with E-state index in [0.29, 0.717) is 0 Å². The number of rotatable bonds is 3. The molecule has 3 nitrogen and oxygen atoms in total. The first-order valence-electron chi connectivity index (χ1n) is 6.55. The smallest absolute Gasteiger partial charge is 0.224 e. The van der Waals surface area contributed by atoms with Crippen molar-refractivity contribution < 1.29 is 8.42 Å². The van der Waals surface area contributed by atoms with Crippen LogP contribution in [0.1, 0.15) is 16.7 Å². The Morgan fingerprint density at radius 3 is 2.38 bits per heavy atom. The highest BCUT2D eigenvalue weighted by Crippen LogP contribution is 2.08. The molecule has 0 fully saturated rings. The Balaban J connectivity index is 2.27. The summed E-state index contributed by atoms with van der Waals surface area (Å²) in [6, 6.07) is 19.8. The molecule has 2 aromatic rings. The van der Waals surface area contributed by atoms with Gasteiger partial charge >= 0.3 is 0 Å². The van der Waals surface area contributed by atoms with Gasteiger partial charge in [0.2, 0.25) is 10.0 Å². The van der Waals surface area contributed by atoms with Gasteiger partial charge in [0.15, 0.2) is 0 Å². The minimum absolute atomic E-state index is 0.249. The fourth-order valence-electron chi connectivity index (χ4n) is 1.84. The molecule has 0 unspecified atom stereocenters. The molecule has 0 radical (unpaired) electrons. The SMILES string of the molecule is Cc1cccc(C#CN(Cc2ccccc2)S(C)(=O)=O)c1. The van der Waals surface area contributed by atoms with Crippen LogP contribution in [0.5, 0.6) is 0 Å². The Labute approximate surface area is 126 Å². The first-order chi connectivity index (χ1) is 9.95. The third-order valence-electron chi connectivity index (χ3n) is 2.91. The van der Waals surface area contributed by atoms with Crippen molar-refractivity contribution in [3.63, 3.8) is 0 Å². The van der Waals surface area contributed by atoms with Crippen LogP contribution in [0.15, 0.2) is 54.6 Å². The molecule has 2 aromatic carbocycles. The maximum Gasteiger partial charge on any atom is 0.239 e. The summed E-state index contributed by atoms with van der Waals surface area (Å²) < 4.78 is 24.9. The maximum atomic E-state index is 11.8. The molecule has 0 aliphatic carbocycles. The number of benzene rings is 2. The summed E-state index contributed by atoms with van der Waals surface area (Å²) in [5.41, 5.74) is 2.80. The van der Waals surface area contributed by atoms with Gasteiger partial charge in [-0.15, -0.1) is 0 Å². The highest BCUT2D eigenvalue weighted by molar-refractivity contribution is 7.88. The van der Waals surface area contributed by atoms with E-state index in [-0.39, 0.29) is 6.54 Å². The van der Waals surface area contributed by atoms with Gasteiger partial charge in [0.05, 0.1) is 12.8 Å². The van der Waals surface area contributed by atoms with Gasteiger partial charge in [-0.25, -0.2) is 12.7 Å². The third-order valence-corrected chi connectivity index (χ3v) is 3.93. The molecule has 0 aliphatic rings. The Morgan fingerprint density at radius 2 is 1.76 bits per heavy atom. The summed E-state index contributed by atoms with van der Waals surface area (Å²) in [5.74, 6) is 2.91. The number of hydrogen-bond donors (Lipinski definition) is 0. The monoisotopic (exact) mass is 299 g/mol. The molecule has 21 heavy (non-hydrogen) atoms. The van der Waals surface area contributed by atoms with Gasteiger partial charge in [0, 0.05) is 11.6 Å². The van der Waals surface area contributed by atoms with Crippen LogP contribution in [-0.4, -0.2) is 19.0 Å². The summed E-state index contributed by atoms with van der Waals surface area (Å²) in [5, 5.41) is 0. The zero-order valence-electron chi connectivity index (χ0n) is 12.1. The molecule has 0 saturated heterocycles. The highest BCUT2D eigenvalue weighted by atomic mass is 32.2. The fraction of sp³-hybridized carbons (Fsp3) is 0.176. The average molecular weight is 299 g/mol. The first kappa shape index (κ1) is 15.1. The minimum Gasteiger partial charge on any atom is -0.224 e. The van der Waals surface area contributed by atoms with E-state index in [1.165, 1.54) is 10.6 Å². The van der Waals surface area contributed by atoms with Gasteiger partial charge in [-0.3, -0.25) is 0 Å². The molecule has 0 aliphatic heterocycles. The van der Waals surface area contributed by atoms with Crippen molar-refractivity contribution in [1.29, 1.82) is 0 Å². The van der Waals surface area contributed by atoms with Crippen molar-refractivity contribution in [2.75, 3.05) is 6.26 Å². The van der Waals surface area contributed by atoms with E-state index >= 15 is 0 Å². The molecule has 0 saturated carbocycles. The van der Waals surface area contributed by atoms with E-state index in [0.717, 1.165) is 16.7 Å². The molecule has 0 amide bonds. The predicted octanol–water partition coefficient (Wildman–Crippen LogP) is 2.77. The normalized spacial score (nSPS) is 10.6. The molecule has 0 heterocycles. The van der Waals surface area contributed by atoms with Gasteiger partial charge in [-0.2, -0.15) is 0 Å². The minimum atomic E-state index is -3.38. The van der Waals surface area contributed by atoms with E-state index in [2.05, 4.69) is 12.0 Å². The van der Waals surface area contributed by atoms with Crippen molar-refractivity contribution in [3.8, 4) is 12.0 Å². The van der Waals surface area contributed by atoms with Crippen LogP contribution in [-0.2, 0) is 16.6 Å². The molecule has 0 atom stereocenters. The van der Waals surface area contributed by atoms with Crippen LogP contribution in [0, 0.1) is 18.9 Å². The number of sulfonamides is 1. The zero-order chi connectivity index (χ0) is 15.3. The van der Waals surface area contributed by atoms with Gasteiger partial charge in [-0.1, -0.05) is 42.5 Å². The van der Waals surface area contributed by atoms with Gasteiger partial charge in [0.1, 0.15) is 0 Å². The molecular formula is C17H17NO2S. The van der Waals surface area contributed by atoms with E-state index in [1.54, 1.807) is 0 Å². The summed E-state index contributed by atoms with van der Waals surface area (Å²) in [4.78, 5) is 0. The fourth-order valence-corrected chi connectivity index (χ4v) is 2.43. The molecule has 0 spiro atoms. The van der Waals surface area contributed by atoms with Gasteiger partial charge in [0.25, 0.3) is 0 Å². The Bertz CT molecular complexity index is 771. The molecule has 0 bridgehead atoms. The first-order valence-corrected chi connectivity index (χ1v) is 8.40. The maximum absolute atomic E-state index is 11.8. The van der Waals surface area contributed by atoms with E-state index in [1.807, 2.05) is 61.5 Å². The van der Waals surface area contributed by atoms with Crippen LogP contribution in [0.2, 0.25) is 0 Å². The zero-order valence-corrected chi connectivity index (χ0v) is 12.9. The lowest BCUT2D eigenvalue weighted by Crippen LogP contribution is -2.24. The van der Waals surface area contributed by atoms with Crippen LogP contribution in [0.3, 0.4) is 0 Å². The topological polar surface area (TPSA) is 37.4 Å². The predicted molar refractivity (Wildman–Crippen MR) is 84.9 cm³/mol. The Hall–Kier alpha value is -2.25. The largest absolute Gasteiger partial charge is 0.239 e. The quantitative estimate of drug-likeness (QED) is 0.645. The lowest BCUT2D eigenvalue weighted by atomic mass is 10.1. The Kier molecular flexibility index (Phi) is 4.66.